The summed E-state index contributed by atoms with van der Waals surface area (Å²) < 4.78 is 4.87. The number of hydrogen-bond acceptors (Lipinski definition) is 3. The van der Waals surface area contributed by atoms with Crippen LogP contribution in [0.2, 0.25) is 0 Å². The zero-order valence-electron chi connectivity index (χ0n) is 8.98. The molecule has 1 aliphatic carbocycles. The summed E-state index contributed by atoms with van der Waals surface area (Å²) in [5, 5.41) is 3.55. The SMILES string of the molecule is CN(C(=O)c1ccno1)C1CCCCC1. The Morgan fingerprint density at radius 1 is 1.47 bits per heavy atom. The van der Waals surface area contributed by atoms with E-state index in [4.69, 9.17) is 4.52 Å². The smallest absolute Gasteiger partial charge is 0.292 e. The number of rotatable bonds is 2. The zero-order chi connectivity index (χ0) is 10.7. The van der Waals surface area contributed by atoms with Gasteiger partial charge in [-0.05, 0) is 12.8 Å². The molecule has 0 atom stereocenters. The molecule has 0 spiro atoms. The fraction of sp³-hybridized carbons (Fsp3) is 0.636. The van der Waals surface area contributed by atoms with E-state index in [1.807, 2.05) is 7.05 Å². The van der Waals surface area contributed by atoms with Crippen LogP contribution in [0.15, 0.2) is 16.8 Å². The predicted octanol–water partition coefficient (Wildman–Crippen LogP) is 2.08. The van der Waals surface area contributed by atoms with Gasteiger partial charge in [0, 0.05) is 19.2 Å². The lowest BCUT2D eigenvalue weighted by Crippen LogP contribution is -2.38. The summed E-state index contributed by atoms with van der Waals surface area (Å²) in [6, 6.07) is 1.98. The van der Waals surface area contributed by atoms with Crippen LogP contribution in [0.5, 0.6) is 0 Å². The van der Waals surface area contributed by atoms with Gasteiger partial charge >= 0.3 is 0 Å². The lowest BCUT2D eigenvalue weighted by molar-refractivity contribution is 0.0654. The van der Waals surface area contributed by atoms with Gasteiger partial charge in [-0.15, -0.1) is 0 Å². The molecule has 1 fully saturated rings. The molecular formula is C11H16N2O2. The van der Waals surface area contributed by atoms with Gasteiger partial charge in [0.2, 0.25) is 5.76 Å². The normalized spacial score (nSPS) is 17.7. The molecule has 2 rings (SSSR count). The highest BCUT2D eigenvalue weighted by Gasteiger charge is 2.24. The molecule has 82 valence electrons. The Hall–Kier alpha value is -1.32. The number of aromatic nitrogens is 1. The second kappa shape index (κ2) is 4.47. The van der Waals surface area contributed by atoms with Crippen molar-refractivity contribution in [1.82, 2.24) is 10.1 Å². The second-order valence-corrected chi connectivity index (χ2v) is 4.08. The molecule has 1 aliphatic rings. The minimum absolute atomic E-state index is 0.0561. The molecule has 1 aromatic heterocycles. The topological polar surface area (TPSA) is 46.3 Å². The predicted molar refractivity (Wildman–Crippen MR) is 55.5 cm³/mol. The molecule has 4 heteroatoms. The van der Waals surface area contributed by atoms with E-state index in [0.29, 0.717) is 11.8 Å². The van der Waals surface area contributed by atoms with E-state index in [-0.39, 0.29) is 5.91 Å². The average molecular weight is 208 g/mol. The summed E-state index contributed by atoms with van der Waals surface area (Å²) in [7, 11) is 1.85. The Kier molecular flexibility index (Phi) is 3.04. The van der Waals surface area contributed by atoms with Crippen LogP contribution in [0.3, 0.4) is 0 Å². The zero-order valence-corrected chi connectivity index (χ0v) is 8.98. The molecule has 1 amide bonds. The minimum Gasteiger partial charge on any atom is -0.351 e. The largest absolute Gasteiger partial charge is 0.351 e. The molecule has 0 radical (unpaired) electrons. The van der Waals surface area contributed by atoms with Gasteiger partial charge in [-0.3, -0.25) is 4.79 Å². The van der Waals surface area contributed by atoms with E-state index in [1.165, 1.54) is 25.5 Å². The fourth-order valence-electron chi connectivity index (χ4n) is 2.13. The van der Waals surface area contributed by atoms with Crippen LogP contribution >= 0.6 is 0 Å². The molecule has 1 aromatic rings. The van der Waals surface area contributed by atoms with E-state index in [1.54, 1.807) is 11.0 Å². The Balaban J connectivity index is 2.00. The van der Waals surface area contributed by atoms with Crippen molar-refractivity contribution < 1.29 is 9.32 Å². The minimum atomic E-state index is -0.0561. The number of nitrogens with zero attached hydrogens (tertiary/aromatic N) is 2. The first-order valence-electron chi connectivity index (χ1n) is 5.47. The molecule has 0 aliphatic heterocycles. The van der Waals surface area contributed by atoms with Gasteiger partial charge in [0.05, 0.1) is 6.20 Å². The van der Waals surface area contributed by atoms with Crippen molar-refractivity contribution in [2.24, 2.45) is 0 Å². The van der Waals surface area contributed by atoms with Crippen molar-refractivity contribution in [2.45, 2.75) is 38.1 Å². The first-order chi connectivity index (χ1) is 7.29. The van der Waals surface area contributed by atoms with Crippen molar-refractivity contribution >= 4 is 5.91 Å². The Bertz CT molecular complexity index is 315. The van der Waals surface area contributed by atoms with E-state index in [2.05, 4.69) is 5.16 Å². The van der Waals surface area contributed by atoms with Crippen LogP contribution in [0, 0.1) is 0 Å². The highest BCUT2D eigenvalue weighted by Crippen LogP contribution is 2.22. The van der Waals surface area contributed by atoms with Crippen LogP contribution in [0.1, 0.15) is 42.7 Å². The van der Waals surface area contributed by atoms with Crippen molar-refractivity contribution in [3.8, 4) is 0 Å². The van der Waals surface area contributed by atoms with Crippen molar-refractivity contribution in [3.05, 3.63) is 18.0 Å². The molecule has 1 saturated carbocycles. The second-order valence-electron chi connectivity index (χ2n) is 4.08. The van der Waals surface area contributed by atoms with E-state index < -0.39 is 0 Å². The number of amides is 1. The summed E-state index contributed by atoms with van der Waals surface area (Å²) in [4.78, 5) is 13.7. The Morgan fingerprint density at radius 2 is 2.20 bits per heavy atom. The van der Waals surface area contributed by atoms with E-state index in [9.17, 15) is 4.79 Å². The van der Waals surface area contributed by atoms with Gasteiger partial charge in [0.15, 0.2) is 0 Å². The number of carbonyl (C=O) groups excluding carboxylic acids is 1. The summed E-state index contributed by atoms with van der Waals surface area (Å²) >= 11 is 0. The molecule has 0 bridgehead atoms. The molecule has 1 heterocycles. The molecule has 0 saturated heterocycles. The van der Waals surface area contributed by atoms with Crippen LogP contribution in [-0.4, -0.2) is 29.1 Å². The Morgan fingerprint density at radius 3 is 2.80 bits per heavy atom. The van der Waals surface area contributed by atoms with Crippen LogP contribution in [0.4, 0.5) is 0 Å². The summed E-state index contributed by atoms with van der Waals surface area (Å²) in [5.41, 5.74) is 0. The molecule has 0 N–H and O–H groups in total. The monoisotopic (exact) mass is 208 g/mol. The lowest BCUT2D eigenvalue weighted by Gasteiger charge is -2.30. The molecule has 4 nitrogen and oxygen atoms in total. The van der Waals surface area contributed by atoms with Gasteiger partial charge in [-0.25, -0.2) is 0 Å². The van der Waals surface area contributed by atoms with Gasteiger partial charge in [-0.1, -0.05) is 24.4 Å². The van der Waals surface area contributed by atoms with Gasteiger partial charge in [0.25, 0.3) is 5.91 Å². The maximum Gasteiger partial charge on any atom is 0.292 e. The fourth-order valence-corrected chi connectivity index (χ4v) is 2.13. The van der Waals surface area contributed by atoms with Crippen LogP contribution in [0.25, 0.3) is 0 Å². The number of carbonyl (C=O) groups is 1. The highest BCUT2D eigenvalue weighted by molar-refractivity contribution is 5.91. The van der Waals surface area contributed by atoms with Gasteiger partial charge < -0.3 is 9.42 Å². The first kappa shape index (κ1) is 10.2. The third-order valence-corrected chi connectivity index (χ3v) is 3.09. The van der Waals surface area contributed by atoms with Crippen molar-refractivity contribution in [2.75, 3.05) is 7.05 Å². The first-order valence-corrected chi connectivity index (χ1v) is 5.47. The summed E-state index contributed by atoms with van der Waals surface area (Å²) in [6.07, 6.45) is 7.45. The van der Waals surface area contributed by atoms with Crippen LogP contribution < -0.4 is 0 Å². The molecule has 15 heavy (non-hydrogen) atoms. The highest BCUT2D eigenvalue weighted by atomic mass is 16.5. The maximum absolute atomic E-state index is 11.9. The quantitative estimate of drug-likeness (QED) is 0.747. The lowest BCUT2D eigenvalue weighted by atomic mass is 9.94. The third-order valence-electron chi connectivity index (χ3n) is 3.09. The average Bonchev–Trinajstić information content (AvgIpc) is 2.82. The van der Waals surface area contributed by atoms with Crippen molar-refractivity contribution in [1.29, 1.82) is 0 Å². The van der Waals surface area contributed by atoms with Crippen LogP contribution in [-0.2, 0) is 0 Å². The molecule has 0 unspecified atom stereocenters. The van der Waals surface area contributed by atoms with E-state index in [0.717, 1.165) is 12.8 Å². The standard InChI is InChI=1S/C11H16N2O2/c1-13(9-5-3-2-4-6-9)11(14)10-7-8-12-15-10/h7-9H,2-6H2,1H3. The molecule has 0 aromatic carbocycles. The van der Waals surface area contributed by atoms with Gasteiger partial charge in [-0.2, -0.15) is 0 Å². The van der Waals surface area contributed by atoms with Gasteiger partial charge in [0.1, 0.15) is 0 Å². The summed E-state index contributed by atoms with van der Waals surface area (Å²) in [5.74, 6) is 0.280. The van der Waals surface area contributed by atoms with E-state index >= 15 is 0 Å². The van der Waals surface area contributed by atoms with Crippen molar-refractivity contribution in [3.63, 3.8) is 0 Å². The Labute approximate surface area is 89.2 Å². The third kappa shape index (κ3) is 2.19. The number of hydrogen-bond donors (Lipinski definition) is 0. The summed E-state index contributed by atoms with van der Waals surface area (Å²) in [6.45, 7) is 0. The molecular weight excluding hydrogens is 192 g/mol. The maximum atomic E-state index is 11.9.